The maximum atomic E-state index is 12.7. The number of nitrogens with zero attached hydrogens (tertiary/aromatic N) is 2. The molecular formula is C21H17ClN2O3S. The van der Waals surface area contributed by atoms with Crippen LogP contribution in [0, 0.1) is 0 Å². The molecule has 0 unspecified atom stereocenters. The van der Waals surface area contributed by atoms with Crippen LogP contribution in [0.1, 0.15) is 19.4 Å². The van der Waals surface area contributed by atoms with Gasteiger partial charge >= 0.3 is 0 Å². The van der Waals surface area contributed by atoms with Crippen LogP contribution in [-0.4, -0.2) is 25.7 Å². The summed E-state index contributed by atoms with van der Waals surface area (Å²) in [6.07, 6.45) is 3.21. The second-order valence-electron chi connectivity index (χ2n) is 6.23. The maximum absolute atomic E-state index is 12.7. The quantitative estimate of drug-likeness (QED) is 0.426. The van der Waals surface area contributed by atoms with Crippen LogP contribution in [0.3, 0.4) is 0 Å². The number of carbonyl (C=O) groups is 1. The number of Topliss-reactive ketones (excluding diaryl/α,β-unsaturated/α-hetero) is 1. The number of hydrogen-bond acceptors (Lipinski definition) is 3. The zero-order valence-corrected chi connectivity index (χ0v) is 16.8. The molecule has 28 heavy (non-hydrogen) atoms. The molecule has 0 heterocycles. The Morgan fingerprint density at radius 2 is 1.46 bits per heavy atom. The van der Waals surface area contributed by atoms with Crippen molar-refractivity contribution in [2.75, 3.05) is 0 Å². The molecule has 1 aliphatic rings. The molecule has 2 aromatic rings. The summed E-state index contributed by atoms with van der Waals surface area (Å²) in [5, 5.41) is 0.511. The van der Waals surface area contributed by atoms with Crippen molar-refractivity contribution in [3.63, 3.8) is 0 Å². The fourth-order valence-electron chi connectivity index (χ4n) is 2.61. The first-order chi connectivity index (χ1) is 13.3. The molecule has 0 bridgehead atoms. The van der Waals surface area contributed by atoms with E-state index in [-0.39, 0.29) is 16.5 Å². The average molecular weight is 413 g/mol. The molecule has 0 fully saturated rings. The Hall–Kier alpha value is -2.83. The molecule has 142 valence electrons. The van der Waals surface area contributed by atoms with Crippen LogP contribution in [0.4, 0.5) is 0 Å². The predicted octanol–water partition coefficient (Wildman–Crippen LogP) is 4.39. The van der Waals surface area contributed by atoms with Gasteiger partial charge in [0.1, 0.15) is 0 Å². The Balaban J connectivity index is 2.15. The molecule has 0 aromatic heterocycles. The normalized spacial score (nSPS) is 15.2. The van der Waals surface area contributed by atoms with Crippen LogP contribution in [0.15, 0.2) is 92.2 Å². The van der Waals surface area contributed by atoms with E-state index in [0.717, 1.165) is 0 Å². The minimum Gasteiger partial charge on any atom is -0.289 e. The molecule has 2 aromatic carbocycles. The Labute approximate surface area is 168 Å². The molecule has 0 N–H and O–H groups in total. The first-order valence-electron chi connectivity index (χ1n) is 8.42. The van der Waals surface area contributed by atoms with E-state index in [1.54, 1.807) is 68.5 Å². The third-order valence-electron chi connectivity index (χ3n) is 4.03. The van der Waals surface area contributed by atoms with Crippen molar-refractivity contribution < 1.29 is 13.2 Å². The lowest BCUT2D eigenvalue weighted by Crippen LogP contribution is -2.13. The van der Waals surface area contributed by atoms with Crippen LogP contribution in [0.5, 0.6) is 0 Å². The second kappa shape index (κ2) is 8.04. The maximum Gasteiger partial charge on any atom is 0.284 e. The summed E-state index contributed by atoms with van der Waals surface area (Å²) in [7, 11) is -3.97. The number of allylic oxidation sites excluding steroid dienone is 4. The molecule has 0 amide bonds. The van der Waals surface area contributed by atoms with E-state index < -0.39 is 10.0 Å². The van der Waals surface area contributed by atoms with Gasteiger partial charge in [0.05, 0.1) is 10.6 Å². The topological polar surface area (TPSA) is 75.9 Å². The first kappa shape index (κ1) is 19.9. The molecule has 0 radical (unpaired) electrons. The zero-order chi connectivity index (χ0) is 20.3. The Morgan fingerprint density at radius 1 is 0.893 bits per heavy atom. The van der Waals surface area contributed by atoms with E-state index in [0.29, 0.717) is 27.4 Å². The lowest BCUT2D eigenvalue weighted by molar-refractivity contribution is -0.112. The van der Waals surface area contributed by atoms with E-state index >= 15 is 0 Å². The molecule has 5 nitrogen and oxygen atoms in total. The number of halogens is 1. The van der Waals surface area contributed by atoms with Gasteiger partial charge in [-0.1, -0.05) is 29.8 Å². The number of carbonyl (C=O) groups excluding carboxylic acids is 1. The van der Waals surface area contributed by atoms with Gasteiger partial charge in [0, 0.05) is 10.6 Å². The van der Waals surface area contributed by atoms with Crippen molar-refractivity contribution in [1.82, 2.24) is 0 Å². The van der Waals surface area contributed by atoms with Gasteiger partial charge in [-0.2, -0.15) is 8.42 Å². The van der Waals surface area contributed by atoms with Gasteiger partial charge in [0.2, 0.25) is 0 Å². The first-order valence-corrected chi connectivity index (χ1v) is 10.2. The number of sulfonamides is 1. The minimum atomic E-state index is -3.97. The van der Waals surface area contributed by atoms with Gasteiger partial charge < -0.3 is 0 Å². The largest absolute Gasteiger partial charge is 0.289 e. The minimum absolute atomic E-state index is 0.0120. The summed E-state index contributed by atoms with van der Waals surface area (Å²) < 4.78 is 29.4. The fraction of sp³-hybridized carbons (Fsp3) is 0.0952. The number of hydrogen-bond donors (Lipinski definition) is 0. The van der Waals surface area contributed by atoms with Gasteiger partial charge in [-0.25, -0.2) is 4.99 Å². The SMILES string of the molecule is CC1=CC(=N/C(=N/S(=O)(=O)c2ccccc2)c2ccc(Cl)cc2)C=C(C)C1=O. The summed E-state index contributed by atoms with van der Waals surface area (Å²) >= 11 is 5.94. The van der Waals surface area contributed by atoms with Crippen LogP contribution in [-0.2, 0) is 14.8 Å². The molecule has 0 spiro atoms. The number of benzene rings is 2. The monoisotopic (exact) mass is 412 g/mol. The summed E-state index contributed by atoms with van der Waals surface area (Å²) in [5.41, 5.74) is 2.00. The highest BCUT2D eigenvalue weighted by atomic mass is 35.5. The Kier molecular flexibility index (Phi) is 5.72. The van der Waals surface area contributed by atoms with Gasteiger partial charge in [0.15, 0.2) is 11.6 Å². The van der Waals surface area contributed by atoms with Crippen LogP contribution < -0.4 is 0 Å². The number of rotatable bonds is 3. The molecular weight excluding hydrogens is 396 g/mol. The van der Waals surface area contributed by atoms with Gasteiger partial charge in [-0.3, -0.25) is 4.79 Å². The van der Waals surface area contributed by atoms with Crippen molar-refractivity contribution in [2.24, 2.45) is 9.39 Å². The molecule has 0 saturated carbocycles. The van der Waals surface area contributed by atoms with Crippen molar-refractivity contribution >= 4 is 39.0 Å². The third kappa shape index (κ3) is 4.52. The Bertz CT molecular complexity index is 1120. The third-order valence-corrected chi connectivity index (χ3v) is 5.56. The van der Waals surface area contributed by atoms with E-state index in [2.05, 4.69) is 9.39 Å². The van der Waals surface area contributed by atoms with Crippen LogP contribution in [0.25, 0.3) is 0 Å². The van der Waals surface area contributed by atoms with E-state index in [1.807, 2.05) is 0 Å². The molecule has 0 saturated heterocycles. The predicted molar refractivity (Wildman–Crippen MR) is 112 cm³/mol. The van der Waals surface area contributed by atoms with Crippen molar-refractivity contribution in [1.29, 1.82) is 0 Å². The highest BCUT2D eigenvalue weighted by Crippen LogP contribution is 2.18. The van der Waals surface area contributed by atoms with E-state index in [1.165, 1.54) is 12.1 Å². The number of amidine groups is 1. The lowest BCUT2D eigenvalue weighted by atomic mass is 9.98. The smallest absolute Gasteiger partial charge is 0.284 e. The van der Waals surface area contributed by atoms with E-state index in [9.17, 15) is 13.2 Å². The highest BCUT2D eigenvalue weighted by molar-refractivity contribution is 7.90. The molecule has 1 aliphatic carbocycles. The number of ketones is 1. The molecule has 3 rings (SSSR count). The molecule has 0 aliphatic heterocycles. The van der Waals surface area contributed by atoms with E-state index in [4.69, 9.17) is 11.6 Å². The highest BCUT2D eigenvalue weighted by Gasteiger charge is 2.17. The summed E-state index contributed by atoms with van der Waals surface area (Å²) in [6, 6.07) is 14.5. The van der Waals surface area contributed by atoms with Crippen LogP contribution >= 0.6 is 11.6 Å². The van der Waals surface area contributed by atoms with Crippen molar-refractivity contribution in [3.8, 4) is 0 Å². The summed E-state index contributed by atoms with van der Waals surface area (Å²) in [4.78, 5) is 16.4. The Morgan fingerprint density at radius 3 is 2.04 bits per heavy atom. The molecule has 0 atom stereocenters. The summed E-state index contributed by atoms with van der Waals surface area (Å²) in [5.74, 6) is -0.0567. The number of aliphatic imine (C=N–C) groups is 1. The van der Waals surface area contributed by atoms with Gasteiger partial charge in [-0.05, 0) is 73.5 Å². The van der Waals surface area contributed by atoms with Crippen LogP contribution in [0.2, 0.25) is 5.02 Å². The van der Waals surface area contributed by atoms with Crippen molar-refractivity contribution in [2.45, 2.75) is 18.7 Å². The molecule has 7 heteroatoms. The van der Waals surface area contributed by atoms with Crippen molar-refractivity contribution in [3.05, 3.63) is 88.5 Å². The van der Waals surface area contributed by atoms with Gasteiger partial charge in [-0.15, -0.1) is 4.40 Å². The standard InChI is InChI=1S/C21H17ClN2O3S/c1-14-12-18(13-15(2)20(14)25)23-21(16-8-10-17(22)11-9-16)24-28(26,27)19-6-4-3-5-7-19/h3-13H,1-2H3/b24-21+. The summed E-state index contributed by atoms with van der Waals surface area (Å²) in [6.45, 7) is 3.38. The lowest BCUT2D eigenvalue weighted by Gasteiger charge is -2.10. The van der Waals surface area contributed by atoms with Gasteiger partial charge in [0.25, 0.3) is 10.0 Å². The average Bonchev–Trinajstić information content (AvgIpc) is 2.67. The fourth-order valence-corrected chi connectivity index (χ4v) is 3.72. The second-order valence-corrected chi connectivity index (χ2v) is 8.27. The zero-order valence-electron chi connectivity index (χ0n) is 15.3.